The van der Waals surface area contributed by atoms with Crippen molar-refractivity contribution in [3.63, 3.8) is 0 Å². The predicted octanol–water partition coefficient (Wildman–Crippen LogP) is 1.79. The van der Waals surface area contributed by atoms with Crippen LogP contribution in [0.5, 0.6) is 0 Å². The van der Waals surface area contributed by atoms with Crippen molar-refractivity contribution in [1.82, 2.24) is 14.9 Å². The fraction of sp³-hybridized carbons (Fsp3) is 0.636. The van der Waals surface area contributed by atoms with Crippen molar-refractivity contribution in [2.75, 3.05) is 37.8 Å². The average molecular weight is 300 g/mol. The lowest BCUT2D eigenvalue weighted by Gasteiger charge is -2.20. The Bertz CT molecular complexity index is 384. The number of hydrogen-bond acceptors (Lipinski definition) is 5. The Kier molecular flexibility index (Phi) is 4.17. The first kappa shape index (κ1) is 12.6. The Hall–Kier alpha value is -0.880. The van der Waals surface area contributed by atoms with Gasteiger partial charge in [-0.3, -0.25) is 0 Å². The molecule has 1 aromatic rings. The molecule has 1 aliphatic rings. The fourth-order valence-corrected chi connectivity index (χ4v) is 2.39. The molecule has 5 nitrogen and oxygen atoms in total. The molecule has 1 fully saturated rings. The Morgan fingerprint density at radius 3 is 3.06 bits per heavy atom. The highest BCUT2D eigenvalue weighted by molar-refractivity contribution is 9.10. The number of aromatic nitrogens is 2. The quantitative estimate of drug-likeness (QED) is 0.888. The largest absolute Gasteiger partial charge is 0.367 e. The van der Waals surface area contributed by atoms with E-state index < -0.39 is 0 Å². The van der Waals surface area contributed by atoms with E-state index in [1.54, 1.807) is 6.20 Å². The van der Waals surface area contributed by atoms with Gasteiger partial charge >= 0.3 is 0 Å². The van der Waals surface area contributed by atoms with Crippen LogP contribution in [0.3, 0.4) is 0 Å². The number of likely N-dealkylation sites (N-methyl/N-ethyl adjacent to an activating group) is 1. The predicted molar refractivity (Wildman–Crippen MR) is 73.4 cm³/mol. The second-order valence-electron chi connectivity index (χ2n) is 4.30. The molecule has 1 unspecified atom stereocenters. The van der Waals surface area contributed by atoms with E-state index in [0.717, 1.165) is 16.8 Å². The van der Waals surface area contributed by atoms with Gasteiger partial charge in [0.25, 0.3) is 0 Å². The smallest absolute Gasteiger partial charge is 0.224 e. The molecule has 0 aliphatic carbocycles. The molecule has 0 spiro atoms. The van der Waals surface area contributed by atoms with E-state index in [9.17, 15) is 0 Å². The van der Waals surface area contributed by atoms with Gasteiger partial charge in [-0.05, 0) is 42.4 Å². The van der Waals surface area contributed by atoms with Crippen molar-refractivity contribution in [3.8, 4) is 0 Å². The second-order valence-corrected chi connectivity index (χ2v) is 5.15. The van der Waals surface area contributed by atoms with Crippen molar-refractivity contribution in [2.45, 2.75) is 18.9 Å². The molecule has 94 valence electrons. The summed E-state index contributed by atoms with van der Waals surface area (Å²) in [6, 6.07) is 0.606. The molecule has 1 aliphatic heterocycles. The zero-order chi connectivity index (χ0) is 12.3. The maximum Gasteiger partial charge on any atom is 0.224 e. The molecule has 0 bridgehead atoms. The summed E-state index contributed by atoms with van der Waals surface area (Å²) < 4.78 is 0.900. The summed E-state index contributed by atoms with van der Waals surface area (Å²) in [5, 5.41) is 6.32. The van der Waals surface area contributed by atoms with Crippen molar-refractivity contribution < 1.29 is 0 Å². The zero-order valence-corrected chi connectivity index (χ0v) is 11.8. The third-order valence-corrected chi connectivity index (χ3v) is 3.72. The minimum absolute atomic E-state index is 0.606. The van der Waals surface area contributed by atoms with Gasteiger partial charge in [0.1, 0.15) is 5.82 Å². The summed E-state index contributed by atoms with van der Waals surface area (Å²) in [6.07, 6.45) is 4.31. The van der Waals surface area contributed by atoms with E-state index in [-0.39, 0.29) is 0 Å². The molecule has 17 heavy (non-hydrogen) atoms. The van der Waals surface area contributed by atoms with Gasteiger partial charge in [-0.15, -0.1) is 0 Å². The van der Waals surface area contributed by atoms with Gasteiger partial charge in [0, 0.05) is 25.8 Å². The standard InChI is InChI=1S/C11H18BrN5/c1-13-11-15-7-9(12)10(16-11)14-6-8-4-3-5-17(8)2/h7-8H,3-6H2,1-2H3,(H2,13,14,15,16). The van der Waals surface area contributed by atoms with Crippen LogP contribution in [0.2, 0.25) is 0 Å². The lowest BCUT2D eigenvalue weighted by atomic mass is 10.2. The van der Waals surface area contributed by atoms with Crippen molar-refractivity contribution in [3.05, 3.63) is 10.7 Å². The molecule has 1 aromatic heterocycles. The van der Waals surface area contributed by atoms with Gasteiger partial charge in [-0.1, -0.05) is 0 Å². The number of nitrogens with one attached hydrogen (secondary N) is 2. The van der Waals surface area contributed by atoms with Crippen molar-refractivity contribution in [1.29, 1.82) is 0 Å². The van der Waals surface area contributed by atoms with Crippen molar-refractivity contribution in [2.24, 2.45) is 0 Å². The number of anilines is 2. The highest BCUT2D eigenvalue weighted by Gasteiger charge is 2.20. The number of likely N-dealkylation sites (tertiary alicyclic amines) is 1. The zero-order valence-electron chi connectivity index (χ0n) is 10.2. The van der Waals surface area contributed by atoms with Gasteiger partial charge in [-0.25, -0.2) is 4.98 Å². The number of hydrogen-bond donors (Lipinski definition) is 2. The van der Waals surface area contributed by atoms with Crippen molar-refractivity contribution >= 4 is 27.7 Å². The Labute approximate surface area is 110 Å². The van der Waals surface area contributed by atoms with Crippen LogP contribution < -0.4 is 10.6 Å². The Morgan fingerprint density at radius 1 is 1.59 bits per heavy atom. The van der Waals surface area contributed by atoms with E-state index in [1.165, 1.54) is 19.4 Å². The SMILES string of the molecule is CNc1ncc(Br)c(NCC2CCCN2C)n1. The first-order valence-corrected chi connectivity index (χ1v) is 6.64. The van der Waals surface area contributed by atoms with Crippen LogP contribution in [-0.4, -0.2) is 48.1 Å². The summed E-state index contributed by atoms with van der Waals surface area (Å²) in [6.45, 7) is 2.12. The van der Waals surface area contributed by atoms with Crippen LogP contribution in [0.15, 0.2) is 10.7 Å². The summed E-state index contributed by atoms with van der Waals surface area (Å²) in [5.74, 6) is 1.49. The van der Waals surface area contributed by atoms with Crippen LogP contribution in [-0.2, 0) is 0 Å². The van der Waals surface area contributed by atoms with Gasteiger partial charge in [0.2, 0.25) is 5.95 Å². The molecule has 6 heteroatoms. The minimum atomic E-state index is 0.606. The lowest BCUT2D eigenvalue weighted by molar-refractivity contribution is 0.322. The normalized spacial score (nSPS) is 20.5. The fourth-order valence-electron chi connectivity index (χ4n) is 2.06. The average Bonchev–Trinajstić information content (AvgIpc) is 2.74. The monoisotopic (exact) mass is 299 g/mol. The molecule has 0 aromatic carbocycles. The first-order valence-electron chi connectivity index (χ1n) is 5.85. The number of nitrogens with zero attached hydrogens (tertiary/aromatic N) is 3. The molecule has 1 saturated heterocycles. The molecule has 0 amide bonds. The minimum Gasteiger partial charge on any atom is -0.367 e. The topological polar surface area (TPSA) is 53.1 Å². The summed E-state index contributed by atoms with van der Waals surface area (Å²) in [4.78, 5) is 10.9. The first-order chi connectivity index (χ1) is 8.20. The highest BCUT2D eigenvalue weighted by atomic mass is 79.9. The molecular weight excluding hydrogens is 282 g/mol. The molecule has 2 rings (SSSR count). The van der Waals surface area contributed by atoms with Gasteiger partial charge in [0.15, 0.2) is 0 Å². The van der Waals surface area contributed by atoms with Crippen LogP contribution in [0, 0.1) is 0 Å². The van der Waals surface area contributed by atoms with E-state index in [0.29, 0.717) is 12.0 Å². The molecular formula is C11H18BrN5. The van der Waals surface area contributed by atoms with E-state index >= 15 is 0 Å². The van der Waals surface area contributed by atoms with Crippen LogP contribution in [0.4, 0.5) is 11.8 Å². The van der Waals surface area contributed by atoms with E-state index in [4.69, 9.17) is 0 Å². The van der Waals surface area contributed by atoms with E-state index in [1.807, 2.05) is 7.05 Å². The summed E-state index contributed by atoms with van der Waals surface area (Å²) in [5.41, 5.74) is 0. The highest BCUT2D eigenvalue weighted by Crippen LogP contribution is 2.21. The van der Waals surface area contributed by atoms with Gasteiger partial charge in [0.05, 0.1) is 4.47 Å². The second kappa shape index (κ2) is 5.64. The third kappa shape index (κ3) is 3.07. The van der Waals surface area contributed by atoms with E-state index in [2.05, 4.69) is 48.5 Å². The molecule has 2 N–H and O–H groups in total. The maximum absolute atomic E-state index is 4.38. The summed E-state index contributed by atoms with van der Waals surface area (Å²) in [7, 11) is 3.99. The molecule has 0 radical (unpaired) electrons. The summed E-state index contributed by atoms with van der Waals surface area (Å²) >= 11 is 3.46. The van der Waals surface area contributed by atoms with Crippen LogP contribution in [0.25, 0.3) is 0 Å². The molecule has 1 atom stereocenters. The maximum atomic E-state index is 4.38. The van der Waals surface area contributed by atoms with Crippen LogP contribution >= 0.6 is 15.9 Å². The Balaban J connectivity index is 1.98. The number of rotatable bonds is 4. The third-order valence-electron chi connectivity index (χ3n) is 3.14. The van der Waals surface area contributed by atoms with Crippen LogP contribution in [0.1, 0.15) is 12.8 Å². The lowest BCUT2D eigenvalue weighted by Crippen LogP contribution is -2.31. The molecule has 2 heterocycles. The Morgan fingerprint density at radius 2 is 2.41 bits per heavy atom. The number of halogens is 1. The van der Waals surface area contributed by atoms with Gasteiger partial charge < -0.3 is 15.5 Å². The van der Waals surface area contributed by atoms with Gasteiger partial charge in [-0.2, -0.15) is 4.98 Å². The molecule has 0 saturated carbocycles.